The van der Waals surface area contributed by atoms with Crippen LogP contribution < -0.4 is 5.73 Å². The Bertz CT molecular complexity index is 301. The highest BCUT2D eigenvalue weighted by atomic mass is 79.9. The predicted octanol–water partition coefficient (Wildman–Crippen LogP) is 2.83. The van der Waals surface area contributed by atoms with E-state index in [0.29, 0.717) is 15.1 Å². The summed E-state index contributed by atoms with van der Waals surface area (Å²) >= 11 is 8.94. The largest absolute Gasteiger partial charge is 0.506 e. The van der Waals surface area contributed by atoms with Crippen molar-refractivity contribution in [3.05, 3.63) is 27.2 Å². The van der Waals surface area contributed by atoms with E-state index in [2.05, 4.69) is 15.9 Å². The van der Waals surface area contributed by atoms with Gasteiger partial charge in [0.15, 0.2) is 0 Å². The van der Waals surface area contributed by atoms with E-state index >= 15 is 0 Å². The molecule has 2 nitrogen and oxygen atoms in total. The molecule has 1 rings (SSSR count). The minimum Gasteiger partial charge on any atom is -0.506 e. The van der Waals surface area contributed by atoms with Gasteiger partial charge in [0.25, 0.3) is 0 Å². The van der Waals surface area contributed by atoms with Gasteiger partial charge in [-0.3, -0.25) is 0 Å². The van der Waals surface area contributed by atoms with Crippen molar-refractivity contribution in [1.82, 2.24) is 0 Å². The molecule has 0 saturated heterocycles. The molecule has 0 aromatic heterocycles. The minimum absolute atomic E-state index is 0.161. The van der Waals surface area contributed by atoms with Gasteiger partial charge >= 0.3 is 0 Å². The summed E-state index contributed by atoms with van der Waals surface area (Å²) in [5.41, 5.74) is 6.26. The number of nitrogens with two attached hydrogens (primary N) is 1. The number of phenolic OH excluding ortho intramolecular Hbond substituents is 1. The molecule has 0 amide bonds. The first kappa shape index (κ1) is 9.84. The Balaban J connectivity index is 3.28. The van der Waals surface area contributed by atoms with E-state index in [1.165, 1.54) is 0 Å². The van der Waals surface area contributed by atoms with Crippen molar-refractivity contribution in [2.45, 2.75) is 13.0 Å². The van der Waals surface area contributed by atoms with Crippen molar-refractivity contribution in [2.75, 3.05) is 0 Å². The van der Waals surface area contributed by atoms with Gasteiger partial charge in [-0.15, -0.1) is 0 Å². The second-order valence-corrected chi connectivity index (χ2v) is 3.90. The molecular weight excluding hydrogens is 241 g/mol. The van der Waals surface area contributed by atoms with Crippen LogP contribution in [0.2, 0.25) is 5.02 Å². The number of aromatic hydroxyl groups is 1. The Labute approximate surface area is 84.5 Å². The fourth-order valence-corrected chi connectivity index (χ4v) is 1.77. The fourth-order valence-electron chi connectivity index (χ4n) is 0.933. The van der Waals surface area contributed by atoms with E-state index in [4.69, 9.17) is 17.3 Å². The van der Waals surface area contributed by atoms with Crippen LogP contribution >= 0.6 is 27.5 Å². The first-order valence-corrected chi connectivity index (χ1v) is 4.63. The molecule has 0 heterocycles. The summed E-state index contributed by atoms with van der Waals surface area (Å²) in [6.45, 7) is 1.79. The molecule has 1 atom stereocenters. The first-order chi connectivity index (χ1) is 5.52. The van der Waals surface area contributed by atoms with Crippen molar-refractivity contribution in [1.29, 1.82) is 0 Å². The van der Waals surface area contributed by atoms with Crippen molar-refractivity contribution >= 4 is 27.5 Å². The van der Waals surface area contributed by atoms with Crippen molar-refractivity contribution < 1.29 is 5.11 Å². The minimum atomic E-state index is -0.222. The lowest BCUT2D eigenvalue weighted by atomic mass is 10.1. The van der Waals surface area contributed by atoms with Gasteiger partial charge in [-0.05, 0) is 35.0 Å². The van der Waals surface area contributed by atoms with E-state index in [1.54, 1.807) is 19.1 Å². The van der Waals surface area contributed by atoms with Gasteiger partial charge in [-0.1, -0.05) is 11.6 Å². The Hall–Kier alpha value is -0.250. The molecule has 1 unspecified atom stereocenters. The molecule has 0 aliphatic heterocycles. The molecule has 4 heteroatoms. The van der Waals surface area contributed by atoms with Crippen LogP contribution in [0.3, 0.4) is 0 Å². The average Bonchev–Trinajstić information content (AvgIpc) is 1.96. The van der Waals surface area contributed by atoms with Crippen molar-refractivity contribution in [3.8, 4) is 5.75 Å². The molecule has 0 spiro atoms. The van der Waals surface area contributed by atoms with E-state index in [9.17, 15) is 5.11 Å². The maximum atomic E-state index is 9.51. The number of hydrogen-bond donors (Lipinski definition) is 2. The second-order valence-electron chi connectivity index (χ2n) is 2.61. The predicted molar refractivity (Wildman–Crippen MR) is 53.4 cm³/mol. The van der Waals surface area contributed by atoms with Gasteiger partial charge < -0.3 is 10.8 Å². The van der Waals surface area contributed by atoms with E-state index in [0.717, 1.165) is 0 Å². The van der Waals surface area contributed by atoms with Gasteiger partial charge in [0.2, 0.25) is 0 Å². The average molecular weight is 251 g/mol. The maximum Gasteiger partial charge on any atom is 0.134 e. The molecule has 0 saturated carbocycles. The molecule has 0 radical (unpaired) electrons. The number of halogens is 2. The van der Waals surface area contributed by atoms with Crippen molar-refractivity contribution in [3.63, 3.8) is 0 Å². The molecule has 12 heavy (non-hydrogen) atoms. The lowest BCUT2D eigenvalue weighted by molar-refractivity contribution is 0.460. The topological polar surface area (TPSA) is 46.2 Å². The zero-order valence-corrected chi connectivity index (χ0v) is 8.85. The Kier molecular flexibility index (Phi) is 2.99. The summed E-state index contributed by atoms with van der Waals surface area (Å²) in [6, 6.07) is 3.06. The van der Waals surface area contributed by atoms with E-state index < -0.39 is 0 Å². The summed E-state index contributed by atoms with van der Waals surface area (Å²) in [7, 11) is 0. The third kappa shape index (κ3) is 1.91. The maximum absolute atomic E-state index is 9.51. The third-order valence-electron chi connectivity index (χ3n) is 1.55. The van der Waals surface area contributed by atoms with Crippen LogP contribution in [0.4, 0.5) is 0 Å². The molecule has 0 aliphatic rings. The van der Waals surface area contributed by atoms with Crippen molar-refractivity contribution in [2.24, 2.45) is 5.73 Å². The summed E-state index contributed by atoms with van der Waals surface area (Å²) in [6.07, 6.45) is 0. The van der Waals surface area contributed by atoms with Crippen LogP contribution in [-0.4, -0.2) is 5.11 Å². The van der Waals surface area contributed by atoms with Crippen LogP contribution in [0.15, 0.2) is 16.6 Å². The number of hydrogen-bond acceptors (Lipinski definition) is 2. The summed E-state index contributed by atoms with van der Waals surface area (Å²) in [5, 5.41) is 10.1. The number of benzene rings is 1. The first-order valence-electron chi connectivity index (χ1n) is 3.46. The van der Waals surface area contributed by atoms with Crippen LogP contribution in [0.25, 0.3) is 0 Å². The number of phenols is 1. The van der Waals surface area contributed by atoms with E-state index in [-0.39, 0.29) is 11.8 Å². The van der Waals surface area contributed by atoms with Crippen LogP contribution in [-0.2, 0) is 0 Å². The highest BCUT2D eigenvalue weighted by molar-refractivity contribution is 9.10. The third-order valence-corrected chi connectivity index (χ3v) is 2.37. The zero-order valence-electron chi connectivity index (χ0n) is 6.51. The summed E-state index contributed by atoms with van der Waals surface area (Å²) < 4.78 is 0.572. The Morgan fingerprint density at radius 2 is 2.17 bits per heavy atom. The van der Waals surface area contributed by atoms with E-state index in [1.807, 2.05) is 0 Å². The summed E-state index contributed by atoms with van der Waals surface area (Å²) in [5.74, 6) is 0.161. The Morgan fingerprint density at radius 1 is 1.58 bits per heavy atom. The Morgan fingerprint density at radius 3 is 2.67 bits per heavy atom. The summed E-state index contributed by atoms with van der Waals surface area (Å²) in [4.78, 5) is 0. The van der Waals surface area contributed by atoms with Crippen LogP contribution in [0, 0.1) is 0 Å². The number of rotatable bonds is 1. The fraction of sp³-hybridized carbons (Fsp3) is 0.250. The van der Waals surface area contributed by atoms with Crippen LogP contribution in [0.1, 0.15) is 18.5 Å². The normalized spacial score (nSPS) is 13.0. The van der Waals surface area contributed by atoms with Crippen LogP contribution in [0.5, 0.6) is 5.75 Å². The standard InChI is InChI=1S/C8H9BrClNO/c1-4(11)6-2-5(10)3-7(9)8(6)12/h2-4,12H,11H2,1H3. The van der Waals surface area contributed by atoms with Gasteiger partial charge in [0.1, 0.15) is 5.75 Å². The highest BCUT2D eigenvalue weighted by Gasteiger charge is 2.10. The molecule has 1 aromatic rings. The highest BCUT2D eigenvalue weighted by Crippen LogP contribution is 2.33. The smallest absolute Gasteiger partial charge is 0.134 e. The molecule has 1 aromatic carbocycles. The van der Waals surface area contributed by atoms with Gasteiger partial charge in [0, 0.05) is 16.6 Å². The zero-order chi connectivity index (χ0) is 9.30. The van der Waals surface area contributed by atoms with Gasteiger partial charge in [0.05, 0.1) is 4.47 Å². The second kappa shape index (κ2) is 3.64. The SMILES string of the molecule is CC(N)c1cc(Cl)cc(Br)c1O. The van der Waals surface area contributed by atoms with Gasteiger partial charge in [-0.2, -0.15) is 0 Å². The molecule has 0 bridgehead atoms. The lowest BCUT2D eigenvalue weighted by Gasteiger charge is -2.09. The monoisotopic (exact) mass is 249 g/mol. The molecular formula is C8H9BrClNO. The molecule has 3 N–H and O–H groups in total. The molecule has 0 aliphatic carbocycles. The molecule has 66 valence electrons. The lowest BCUT2D eigenvalue weighted by Crippen LogP contribution is -2.05. The van der Waals surface area contributed by atoms with Gasteiger partial charge in [-0.25, -0.2) is 0 Å². The molecule has 0 fully saturated rings. The quantitative estimate of drug-likeness (QED) is 0.805.